The van der Waals surface area contributed by atoms with Gasteiger partial charge in [-0.2, -0.15) is 0 Å². The average Bonchev–Trinajstić information content (AvgIpc) is 3.12. The summed E-state index contributed by atoms with van der Waals surface area (Å²) in [4.78, 5) is 9.14. The minimum Gasteiger partial charge on any atom is -0.497 e. The maximum atomic E-state index is 5.48. The second-order valence-corrected chi connectivity index (χ2v) is 7.66. The fraction of sp³-hybridized carbons (Fsp3) is 0.400. The summed E-state index contributed by atoms with van der Waals surface area (Å²) >= 11 is 1.68. The summed E-state index contributed by atoms with van der Waals surface area (Å²) in [7, 11) is 3.48. The molecule has 0 saturated heterocycles. The molecule has 0 atom stereocenters. The van der Waals surface area contributed by atoms with Crippen molar-refractivity contribution in [3.8, 4) is 16.3 Å². The molecule has 3 aromatic rings. The lowest BCUT2D eigenvalue weighted by atomic mass is 9.92. The number of hydrogen-bond acceptors (Lipinski definition) is 6. The Bertz CT molecular complexity index is 888. The van der Waals surface area contributed by atoms with Gasteiger partial charge in [-0.3, -0.25) is 4.98 Å². The molecule has 0 spiro atoms. The number of benzene rings is 1. The third-order valence-electron chi connectivity index (χ3n) is 5.01. The van der Waals surface area contributed by atoms with E-state index in [2.05, 4.69) is 16.4 Å². The average molecular weight is 369 g/mol. The Morgan fingerprint density at radius 3 is 2.73 bits per heavy atom. The molecule has 0 bridgehead atoms. The van der Waals surface area contributed by atoms with Crippen LogP contribution in [0.5, 0.6) is 5.75 Å². The normalized spacial score (nSPS) is 20.2. The first-order valence-corrected chi connectivity index (χ1v) is 9.77. The first-order valence-electron chi connectivity index (χ1n) is 8.95. The van der Waals surface area contributed by atoms with Gasteiger partial charge in [0.2, 0.25) is 0 Å². The highest BCUT2D eigenvalue weighted by atomic mass is 32.1. The van der Waals surface area contributed by atoms with Crippen LogP contribution < -0.4 is 10.1 Å². The van der Waals surface area contributed by atoms with Crippen molar-refractivity contribution in [2.45, 2.75) is 37.8 Å². The number of ether oxygens (including phenoxy) is 2. The van der Waals surface area contributed by atoms with Crippen molar-refractivity contribution >= 4 is 27.2 Å². The second-order valence-electron chi connectivity index (χ2n) is 6.63. The lowest BCUT2D eigenvalue weighted by Crippen LogP contribution is -2.29. The topological polar surface area (TPSA) is 56.3 Å². The number of nitrogens with zero attached hydrogens (tertiary/aromatic N) is 2. The molecule has 6 heteroatoms. The van der Waals surface area contributed by atoms with Crippen LogP contribution in [0.2, 0.25) is 0 Å². The monoisotopic (exact) mass is 369 g/mol. The molecule has 1 aliphatic rings. The zero-order chi connectivity index (χ0) is 17.9. The molecule has 1 fully saturated rings. The highest BCUT2D eigenvalue weighted by Gasteiger charge is 2.22. The number of pyridine rings is 1. The van der Waals surface area contributed by atoms with E-state index >= 15 is 0 Å². The summed E-state index contributed by atoms with van der Waals surface area (Å²) in [6.07, 6.45) is 8.60. The van der Waals surface area contributed by atoms with E-state index in [0.29, 0.717) is 12.1 Å². The van der Waals surface area contributed by atoms with E-state index in [9.17, 15) is 0 Å². The molecule has 1 N–H and O–H groups in total. The molecule has 0 amide bonds. The summed E-state index contributed by atoms with van der Waals surface area (Å²) < 4.78 is 11.9. The highest BCUT2D eigenvalue weighted by molar-refractivity contribution is 7.21. The summed E-state index contributed by atoms with van der Waals surface area (Å²) in [5, 5.41) is 4.69. The molecule has 0 unspecified atom stereocenters. The van der Waals surface area contributed by atoms with Crippen molar-refractivity contribution in [3.05, 3.63) is 36.7 Å². The van der Waals surface area contributed by atoms with Crippen LogP contribution in [0.15, 0.2) is 36.7 Å². The zero-order valence-corrected chi connectivity index (χ0v) is 15.9. The number of anilines is 1. The number of nitrogens with one attached hydrogen (secondary N) is 1. The maximum Gasteiger partial charge on any atom is 0.128 e. The number of rotatable bonds is 5. The van der Waals surface area contributed by atoms with Gasteiger partial charge >= 0.3 is 0 Å². The lowest BCUT2D eigenvalue weighted by Gasteiger charge is -2.29. The molecule has 2 aromatic heterocycles. The second kappa shape index (κ2) is 7.60. The van der Waals surface area contributed by atoms with Gasteiger partial charge in [-0.1, -0.05) is 0 Å². The molecule has 1 aliphatic carbocycles. The van der Waals surface area contributed by atoms with Crippen molar-refractivity contribution < 1.29 is 9.47 Å². The minimum atomic E-state index is 0.407. The summed E-state index contributed by atoms with van der Waals surface area (Å²) in [6.45, 7) is 0. The molecule has 0 aliphatic heterocycles. The van der Waals surface area contributed by atoms with Crippen LogP contribution >= 0.6 is 11.3 Å². The predicted molar refractivity (Wildman–Crippen MR) is 106 cm³/mol. The summed E-state index contributed by atoms with van der Waals surface area (Å²) in [5.41, 5.74) is 3.12. The Labute approximate surface area is 157 Å². The molecule has 136 valence electrons. The van der Waals surface area contributed by atoms with E-state index < -0.39 is 0 Å². The van der Waals surface area contributed by atoms with E-state index in [-0.39, 0.29) is 0 Å². The van der Waals surface area contributed by atoms with E-state index in [1.165, 1.54) is 0 Å². The van der Waals surface area contributed by atoms with E-state index in [4.69, 9.17) is 14.5 Å². The van der Waals surface area contributed by atoms with Gasteiger partial charge < -0.3 is 14.8 Å². The third kappa shape index (κ3) is 3.52. The Balaban J connectivity index is 1.59. The fourth-order valence-corrected chi connectivity index (χ4v) is 4.47. The predicted octanol–water partition coefficient (Wildman–Crippen LogP) is 4.74. The number of hydrogen-bond donors (Lipinski definition) is 1. The van der Waals surface area contributed by atoms with E-state index in [1.807, 2.05) is 37.7 Å². The molecular weight excluding hydrogens is 346 g/mol. The quantitative estimate of drug-likeness (QED) is 0.704. The van der Waals surface area contributed by atoms with Crippen LogP contribution in [-0.4, -0.2) is 36.3 Å². The molecule has 1 saturated carbocycles. The molecule has 26 heavy (non-hydrogen) atoms. The molecule has 2 heterocycles. The fourth-order valence-electron chi connectivity index (χ4n) is 3.50. The molecule has 1 aromatic carbocycles. The van der Waals surface area contributed by atoms with Gasteiger partial charge in [0.15, 0.2) is 0 Å². The smallest absolute Gasteiger partial charge is 0.128 e. The van der Waals surface area contributed by atoms with Gasteiger partial charge in [-0.25, -0.2) is 4.98 Å². The van der Waals surface area contributed by atoms with Gasteiger partial charge in [0.05, 0.1) is 29.0 Å². The summed E-state index contributed by atoms with van der Waals surface area (Å²) in [5.74, 6) is 0.828. The van der Waals surface area contributed by atoms with E-state index in [1.54, 1.807) is 18.4 Å². The Hall–Kier alpha value is -2.18. The van der Waals surface area contributed by atoms with Crippen LogP contribution in [0.3, 0.4) is 0 Å². The number of fused-ring (bicyclic) bond motifs is 1. The Morgan fingerprint density at radius 1 is 1.12 bits per heavy atom. The van der Waals surface area contributed by atoms with Gasteiger partial charge in [-0.05, 0) is 43.9 Å². The highest BCUT2D eigenvalue weighted by Crippen LogP contribution is 2.36. The molecule has 5 nitrogen and oxygen atoms in total. The van der Waals surface area contributed by atoms with Crippen LogP contribution in [0, 0.1) is 0 Å². The standard InChI is InChI=1S/C20H23N3O2S/c1-24-14-5-3-13(4-6-14)22-17-9-10-21-12-16(17)20-23-18-11-15(25-2)7-8-19(18)26-20/h7-14H,3-6H2,1-2H3,(H,21,22). The number of thiazole rings is 1. The van der Waals surface area contributed by atoms with Gasteiger partial charge in [0, 0.05) is 37.3 Å². The van der Waals surface area contributed by atoms with Crippen molar-refractivity contribution in [2.75, 3.05) is 19.5 Å². The van der Waals surface area contributed by atoms with Crippen LogP contribution in [-0.2, 0) is 4.74 Å². The number of methoxy groups -OCH3 is 2. The Kier molecular flexibility index (Phi) is 5.04. The lowest BCUT2D eigenvalue weighted by molar-refractivity contribution is 0.0682. The van der Waals surface area contributed by atoms with Crippen molar-refractivity contribution in [1.29, 1.82) is 0 Å². The largest absolute Gasteiger partial charge is 0.497 e. The van der Waals surface area contributed by atoms with Crippen LogP contribution in [0.25, 0.3) is 20.8 Å². The maximum absolute atomic E-state index is 5.48. The van der Waals surface area contributed by atoms with Gasteiger partial charge in [0.25, 0.3) is 0 Å². The first-order chi connectivity index (χ1) is 12.8. The van der Waals surface area contributed by atoms with Crippen molar-refractivity contribution in [1.82, 2.24) is 9.97 Å². The van der Waals surface area contributed by atoms with Gasteiger partial charge in [0.1, 0.15) is 10.8 Å². The van der Waals surface area contributed by atoms with Gasteiger partial charge in [-0.15, -0.1) is 11.3 Å². The van der Waals surface area contributed by atoms with Crippen molar-refractivity contribution in [2.24, 2.45) is 0 Å². The zero-order valence-electron chi connectivity index (χ0n) is 15.1. The van der Waals surface area contributed by atoms with Crippen molar-refractivity contribution in [3.63, 3.8) is 0 Å². The van der Waals surface area contributed by atoms with Crippen LogP contribution in [0.4, 0.5) is 5.69 Å². The summed E-state index contributed by atoms with van der Waals surface area (Å²) in [6, 6.07) is 8.53. The van der Waals surface area contributed by atoms with E-state index in [0.717, 1.165) is 57.9 Å². The minimum absolute atomic E-state index is 0.407. The first kappa shape index (κ1) is 17.2. The SMILES string of the molecule is COc1ccc2sc(-c3cnccc3NC3CCC(OC)CC3)nc2c1. The Morgan fingerprint density at radius 2 is 1.96 bits per heavy atom. The number of aromatic nitrogens is 2. The third-order valence-corrected chi connectivity index (χ3v) is 6.08. The molecule has 4 rings (SSSR count). The van der Waals surface area contributed by atoms with Crippen LogP contribution in [0.1, 0.15) is 25.7 Å². The molecular formula is C20H23N3O2S. The molecule has 0 radical (unpaired) electrons.